The van der Waals surface area contributed by atoms with Crippen LogP contribution in [0.3, 0.4) is 0 Å². The minimum Gasteiger partial charge on any atom is 0 e. The molecule has 0 aromatic carbocycles. The first-order valence-corrected chi connectivity index (χ1v) is 0. The van der Waals surface area contributed by atoms with Crippen molar-refractivity contribution in [1.82, 2.24) is 0 Å². The molecule has 0 aromatic rings. The van der Waals surface area contributed by atoms with Gasteiger partial charge in [-0.3, -0.25) is 0 Å². The quantitative estimate of drug-likeness (QED) is 0.494. The summed E-state index contributed by atoms with van der Waals surface area (Å²) in [5, 5.41) is 0. The van der Waals surface area contributed by atoms with E-state index in [1.807, 2.05) is 0 Å². The second-order valence-electron chi connectivity index (χ2n) is 0. The Labute approximate surface area is 72.4 Å². The summed E-state index contributed by atoms with van der Waals surface area (Å²) >= 11 is 0. The molecular formula is CrFeMnTi. The Morgan fingerprint density at radius 1 is 1.00 bits per heavy atom. The van der Waals surface area contributed by atoms with E-state index in [4.69, 9.17) is 0 Å². The van der Waals surface area contributed by atoms with E-state index < -0.39 is 0 Å². The summed E-state index contributed by atoms with van der Waals surface area (Å²) in [6, 6.07) is 0. The van der Waals surface area contributed by atoms with E-state index in [2.05, 4.69) is 0 Å². The fraction of sp³-hybridized carbons (Fsp3) is 0. The van der Waals surface area contributed by atoms with E-state index in [1.54, 1.807) is 0 Å². The summed E-state index contributed by atoms with van der Waals surface area (Å²) < 4.78 is 0. The van der Waals surface area contributed by atoms with Crippen LogP contribution in [-0.2, 0) is 73.2 Å². The molecule has 0 N–H and O–H groups in total. The summed E-state index contributed by atoms with van der Waals surface area (Å²) in [7, 11) is 0. The van der Waals surface area contributed by atoms with Crippen molar-refractivity contribution in [1.29, 1.82) is 0 Å². The molecule has 4 heteroatoms. The molecule has 25 valence electrons. The third kappa shape index (κ3) is 8.86. The van der Waals surface area contributed by atoms with Gasteiger partial charge in [0.15, 0.2) is 0 Å². The van der Waals surface area contributed by atoms with Gasteiger partial charge in [-0.05, 0) is 0 Å². The van der Waals surface area contributed by atoms with Crippen LogP contribution in [0.5, 0.6) is 0 Å². The van der Waals surface area contributed by atoms with Crippen LogP contribution in [-0.4, -0.2) is 0 Å². The van der Waals surface area contributed by atoms with Gasteiger partial charge in [-0.1, -0.05) is 0 Å². The standard InChI is InChI=1S/Cr.Fe.Mn.Ti. The molecule has 0 saturated carbocycles. The average molecular weight is 211 g/mol. The van der Waals surface area contributed by atoms with Gasteiger partial charge in [0.05, 0.1) is 0 Å². The van der Waals surface area contributed by atoms with Crippen molar-refractivity contribution in [2.45, 2.75) is 0 Å². The maximum atomic E-state index is 0. The Balaban J connectivity index is 0. The smallest absolute Gasteiger partial charge is 0 e. The zero-order valence-corrected chi connectivity index (χ0v) is 6.76. The van der Waals surface area contributed by atoms with Crippen molar-refractivity contribution < 1.29 is 73.2 Å². The summed E-state index contributed by atoms with van der Waals surface area (Å²) in [4.78, 5) is 0. The van der Waals surface area contributed by atoms with E-state index in [-0.39, 0.29) is 73.2 Å². The van der Waals surface area contributed by atoms with Crippen molar-refractivity contribution in [3.8, 4) is 0 Å². The predicted octanol–water partition coefficient (Wildman–Crippen LogP) is -0.0100. The van der Waals surface area contributed by atoms with Crippen molar-refractivity contribution in [3.63, 3.8) is 0 Å². The van der Waals surface area contributed by atoms with Crippen molar-refractivity contribution in [3.05, 3.63) is 0 Å². The topological polar surface area (TPSA) is 0 Å². The largest absolute Gasteiger partial charge is 0 e. The van der Waals surface area contributed by atoms with Crippen LogP contribution in [0.1, 0.15) is 0 Å². The molecule has 0 aliphatic carbocycles. The molecule has 0 rings (SSSR count). The van der Waals surface area contributed by atoms with Crippen LogP contribution in [0.15, 0.2) is 0 Å². The van der Waals surface area contributed by atoms with Crippen LogP contribution in [0.2, 0.25) is 0 Å². The molecule has 0 amide bonds. The van der Waals surface area contributed by atoms with Crippen LogP contribution >= 0.6 is 0 Å². The minimum atomic E-state index is 0. The van der Waals surface area contributed by atoms with Crippen LogP contribution in [0.25, 0.3) is 0 Å². The first kappa shape index (κ1) is 33.6. The van der Waals surface area contributed by atoms with Gasteiger partial charge >= 0.3 is 0 Å². The van der Waals surface area contributed by atoms with Gasteiger partial charge in [-0.15, -0.1) is 0 Å². The maximum Gasteiger partial charge on any atom is 0 e. The molecular weight excluding hydrogens is 211 g/mol. The predicted molar refractivity (Wildman–Crippen MR) is 0 cm³/mol. The summed E-state index contributed by atoms with van der Waals surface area (Å²) in [6.07, 6.45) is 0. The first-order valence-electron chi connectivity index (χ1n) is 0. The monoisotopic (exact) mass is 211 g/mol. The minimum absolute atomic E-state index is 0. The Bertz CT molecular complexity index is 8.00. The van der Waals surface area contributed by atoms with Gasteiger partial charge in [-0.25, -0.2) is 0 Å². The third-order valence-corrected chi connectivity index (χ3v) is 0. The van der Waals surface area contributed by atoms with Gasteiger partial charge in [0.1, 0.15) is 0 Å². The molecule has 4 heavy (non-hydrogen) atoms. The number of hydrogen-bond acceptors (Lipinski definition) is 0. The second-order valence-corrected chi connectivity index (χ2v) is 0. The molecule has 0 fully saturated rings. The molecule has 1 radical (unpaired) electrons. The molecule has 0 atom stereocenters. The number of hydrogen-bond donors (Lipinski definition) is 0. The SMILES string of the molecule is [Cr].[Fe].[Mn].[Ti]. The molecule has 0 unspecified atom stereocenters. The summed E-state index contributed by atoms with van der Waals surface area (Å²) in [5.41, 5.74) is 0. The van der Waals surface area contributed by atoms with Gasteiger partial charge in [0.2, 0.25) is 0 Å². The van der Waals surface area contributed by atoms with Gasteiger partial charge in [0, 0.05) is 73.2 Å². The zero-order chi connectivity index (χ0) is 0. The van der Waals surface area contributed by atoms with E-state index in [9.17, 15) is 0 Å². The van der Waals surface area contributed by atoms with E-state index in [0.29, 0.717) is 0 Å². The Morgan fingerprint density at radius 3 is 1.00 bits per heavy atom. The molecule has 0 heterocycles. The molecule has 0 aromatic heterocycles. The van der Waals surface area contributed by atoms with Crippen LogP contribution in [0.4, 0.5) is 0 Å². The third-order valence-electron chi connectivity index (χ3n) is 0. The van der Waals surface area contributed by atoms with Gasteiger partial charge in [-0.2, -0.15) is 0 Å². The van der Waals surface area contributed by atoms with Gasteiger partial charge < -0.3 is 0 Å². The fourth-order valence-electron chi connectivity index (χ4n) is 0. The normalized spacial score (nSPS) is 0. The fourth-order valence-corrected chi connectivity index (χ4v) is 0. The van der Waals surface area contributed by atoms with Crippen molar-refractivity contribution >= 4 is 0 Å². The second kappa shape index (κ2) is 18.6. The molecule has 0 nitrogen and oxygen atoms in total. The Hall–Kier alpha value is 2.29. The molecule has 0 aliphatic heterocycles. The van der Waals surface area contributed by atoms with Crippen molar-refractivity contribution in [2.24, 2.45) is 0 Å². The van der Waals surface area contributed by atoms with E-state index in [0.717, 1.165) is 0 Å². The molecule has 0 bridgehead atoms. The Morgan fingerprint density at radius 2 is 1.00 bits per heavy atom. The molecule has 0 spiro atoms. The Kier molecular flexibility index (Phi) is 156. The van der Waals surface area contributed by atoms with Gasteiger partial charge in [0.25, 0.3) is 0 Å². The van der Waals surface area contributed by atoms with E-state index >= 15 is 0 Å². The van der Waals surface area contributed by atoms with Crippen molar-refractivity contribution in [2.75, 3.05) is 0 Å². The first-order chi connectivity index (χ1) is 0. The number of rotatable bonds is 0. The molecule has 0 saturated heterocycles. The molecule has 0 aliphatic rings. The summed E-state index contributed by atoms with van der Waals surface area (Å²) in [5.74, 6) is 0. The maximum absolute atomic E-state index is 0. The van der Waals surface area contributed by atoms with Crippen LogP contribution in [0, 0.1) is 0 Å². The van der Waals surface area contributed by atoms with Crippen LogP contribution < -0.4 is 0 Å². The summed E-state index contributed by atoms with van der Waals surface area (Å²) in [6.45, 7) is 0. The van der Waals surface area contributed by atoms with E-state index in [1.165, 1.54) is 0 Å². The average Bonchev–Trinajstić information content (AvgIpc) is 0. The zero-order valence-electron chi connectivity index (χ0n) is 1.64.